The summed E-state index contributed by atoms with van der Waals surface area (Å²) in [6.07, 6.45) is 0. The van der Waals surface area contributed by atoms with E-state index in [0.717, 1.165) is 29.4 Å². The van der Waals surface area contributed by atoms with Gasteiger partial charge in [-0.15, -0.1) is 0 Å². The molecule has 84 valence electrons. The molecule has 0 saturated heterocycles. The van der Waals surface area contributed by atoms with Crippen molar-refractivity contribution in [1.82, 2.24) is 0 Å². The van der Waals surface area contributed by atoms with Crippen molar-refractivity contribution >= 4 is 28.9 Å². The quantitative estimate of drug-likeness (QED) is 0.801. The maximum Gasteiger partial charge on any atom is 0.0641 e. The Balaban J connectivity index is 2.57. The molecule has 0 fully saturated rings. The van der Waals surface area contributed by atoms with Crippen LogP contribution in [0.4, 0.5) is 5.69 Å². The summed E-state index contributed by atoms with van der Waals surface area (Å²) in [5.74, 6) is 0. The second-order valence-electron chi connectivity index (χ2n) is 3.20. The Morgan fingerprint density at radius 3 is 2.67 bits per heavy atom. The zero-order chi connectivity index (χ0) is 11.3. The zero-order valence-corrected chi connectivity index (χ0v) is 10.5. The molecule has 0 spiro atoms. The first-order valence-corrected chi connectivity index (χ1v) is 5.68. The lowest BCUT2D eigenvalue weighted by Crippen LogP contribution is -2.09. The van der Waals surface area contributed by atoms with Crippen LogP contribution in [0.1, 0.15) is 12.5 Å². The molecule has 2 nitrogen and oxygen atoms in total. The minimum Gasteiger partial charge on any atom is -0.381 e. The highest BCUT2D eigenvalue weighted by molar-refractivity contribution is 6.35. The molecule has 0 aliphatic heterocycles. The van der Waals surface area contributed by atoms with E-state index in [2.05, 4.69) is 5.32 Å². The van der Waals surface area contributed by atoms with Crippen LogP contribution >= 0.6 is 23.2 Å². The van der Waals surface area contributed by atoms with Crippen LogP contribution in [-0.2, 0) is 4.74 Å². The van der Waals surface area contributed by atoms with E-state index in [9.17, 15) is 0 Å². The molecular weight excluding hydrogens is 233 g/mol. The third kappa shape index (κ3) is 3.90. The fourth-order valence-electron chi connectivity index (χ4n) is 1.18. The van der Waals surface area contributed by atoms with E-state index < -0.39 is 0 Å². The van der Waals surface area contributed by atoms with E-state index in [1.807, 2.05) is 26.0 Å². The predicted octanol–water partition coefficient (Wildman–Crippen LogP) is 3.75. The molecule has 0 amide bonds. The van der Waals surface area contributed by atoms with Crippen molar-refractivity contribution in [3.05, 3.63) is 27.7 Å². The van der Waals surface area contributed by atoms with Gasteiger partial charge in [0.2, 0.25) is 0 Å². The molecule has 0 bridgehead atoms. The van der Waals surface area contributed by atoms with Gasteiger partial charge in [-0.3, -0.25) is 0 Å². The molecule has 0 aliphatic rings. The number of rotatable bonds is 5. The molecule has 1 aromatic rings. The highest BCUT2D eigenvalue weighted by atomic mass is 35.5. The fourth-order valence-corrected chi connectivity index (χ4v) is 1.63. The van der Waals surface area contributed by atoms with Crippen molar-refractivity contribution in [2.75, 3.05) is 25.1 Å². The number of aryl methyl sites for hydroxylation is 1. The first-order valence-electron chi connectivity index (χ1n) is 4.92. The number of hydrogen-bond acceptors (Lipinski definition) is 2. The summed E-state index contributed by atoms with van der Waals surface area (Å²) < 4.78 is 5.21. The summed E-state index contributed by atoms with van der Waals surface area (Å²) in [5, 5.41) is 4.58. The van der Waals surface area contributed by atoms with Crippen molar-refractivity contribution in [2.24, 2.45) is 0 Å². The van der Waals surface area contributed by atoms with Crippen molar-refractivity contribution < 1.29 is 4.74 Å². The van der Waals surface area contributed by atoms with Gasteiger partial charge >= 0.3 is 0 Å². The lowest BCUT2D eigenvalue weighted by atomic mass is 10.2. The number of halogens is 2. The van der Waals surface area contributed by atoms with E-state index >= 15 is 0 Å². The first kappa shape index (κ1) is 12.6. The largest absolute Gasteiger partial charge is 0.381 e. The normalized spacial score (nSPS) is 10.4. The van der Waals surface area contributed by atoms with E-state index in [-0.39, 0.29) is 0 Å². The molecule has 0 aromatic heterocycles. The van der Waals surface area contributed by atoms with E-state index in [1.54, 1.807) is 0 Å². The molecule has 0 saturated carbocycles. The second-order valence-corrected chi connectivity index (χ2v) is 4.02. The van der Waals surface area contributed by atoms with Crippen LogP contribution in [0, 0.1) is 6.92 Å². The third-order valence-electron chi connectivity index (χ3n) is 2.01. The van der Waals surface area contributed by atoms with Gasteiger partial charge in [0.15, 0.2) is 0 Å². The number of ether oxygens (including phenoxy) is 1. The topological polar surface area (TPSA) is 21.3 Å². The van der Waals surface area contributed by atoms with E-state index in [4.69, 9.17) is 27.9 Å². The Labute approximate surface area is 101 Å². The van der Waals surface area contributed by atoms with Gasteiger partial charge in [0, 0.05) is 18.2 Å². The van der Waals surface area contributed by atoms with Gasteiger partial charge in [0.05, 0.1) is 17.3 Å². The average molecular weight is 248 g/mol. The SMILES string of the molecule is CCOCCNc1cc(Cl)c(C)cc1Cl. The van der Waals surface area contributed by atoms with Crippen LogP contribution in [0.2, 0.25) is 10.0 Å². The van der Waals surface area contributed by atoms with Gasteiger partial charge in [0.1, 0.15) is 0 Å². The molecular formula is C11H15Cl2NO. The highest BCUT2D eigenvalue weighted by Crippen LogP contribution is 2.28. The molecule has 0 aliphatic carbocycles. The maximum atomic E-state index is 6.05. The molecule has 0 heterocycles. The van der Waals surface area contributed by atoms with Gasteiger partial charge in [0.25, 0.3) is 0 Å². The summed E-state index contributed by atoms with van der Waals surface area (Å²) in [7, 11) is 0. The third-order valence-corrected chi connectivity index (χ3v) is 2.73. The van der Waals surface area contributed by atoms with Gasteiger partial charge < -0.3 is 10.1 Å². The van der Waals surface area contributed by atoms with Gasteiger partial charge in [-0.2, -0.15) is 0 Å². The van der Waals surface area contributed by atoms with Crippen molar-refractivity contribution in [3.8, 4) is 0 Å². The average Bonchev–Trinajstić information content (AvgIpc) is 2.20. The molecule has 0 atom stereocenters. The lowest BCUT2D eigenvalue weighted by Gasteiger charge is -2.10. The van der Waals surface area contributed by atoms with E-state index in [1.165, 1.54) is 0 Å². The predicted molar refractivity (Wildman–Crippen MR) is 66.2 cm³/mol. The van der Waals surface area contributed by atoms with Crippen LogP contribution in [0.3, 0.4) is 0 Å². The van der Waals surface area contributed by atoms with Crippen molar-refractivity contribution in [3.63, 3.8) is 0 Å². The molecule has 15 heavy (non-hydrogen) atoms. The minimum atomic E-state index is 0.665. The molecule has 1 aromatic carbocycles. The summed E-state index contributed by atoms with van der Waals surface area (Å²) >= 11 is 12.0. The monoisotopic (exact) mass is 247 g/mol. The Hall–Kier alpha value is -0.440. The van der Waals surface area contributed by atoms with Crippen LogP contribution in [0.25, 0.3) is 0 Å². The number of nitrogens with one attached hydrogen (secondary N) is 1. The lowest BCUT2D eigenvalue weighted by molar-refractivity contribution is 0.158. The van der Waals surface area contributed by atoms with Gasteiger partial charge in [-0.1, -0.05) is 23.2 Å². The fraction of sp³-hybridized carbons (Fsp3) is 0.455. The molecule has 4 heteroatoms. The van der Waals surface area contributed by atoms with Gasteiger partial charge in [-0.25, -0.2) is 0 Å². The maximum absolute atomic E-state index is 6.05. The summed E-state index contributed by atoms with van der Waals surface area (Å²) in [5.41, 5.74) is 1.84. The van der Waals surface area contributed by atoms with Crippen LogP contribution in [0.5, 0.6) is 0 Å². The Morgan fingerprint density at radius 2 is 2.00 bits per heavy atom. The molecule has 0 unspecified atom stereocenters. The van der Waals surface area contributed by atoms with Crippen LogP contribution < -0.4 is 5.32 Å². The van der Waals surface area contributed by atoms with Gasteiger partial charge in [-0.05, 0) is 31.5 Å². The second kappa shape index (κ2) is 6.21. The summed E-state index contributed by atoms with van der Waals surface area (Å²) in [6, 6.07) is 3.69. The minimum absolute atomic E-state index is 0.665. The standard InChI is InChI=1S/C11H15Cl2NO/c1-3-15-5-4-14-11-7-9(12)8(2)6-10(11)13/h6-7,14H,3-5H2,1-2H3. The number of benzene rings is 1. The first-order chi connectivity index (χ1) is 7.15. The zero-order valence-electron chi connectivity index (χ0n) is 8.94. The smallest absolute Gasteiger partial charge is 0.0641 e. The van der Waals surface area contributed by atoms with E-state index in [0.29, 0.717) is 11.6 Å². The van der Waals surface area contributed by atoms with Crippen molar-refractivity contribution in [2.45, 2.75) is 13.8 Å². The Kier molecular flexibility index (Phi) is 5.23. The summed E-state index contributed by atoms with van der Waals surface area (Å²) in [4.78, 5) is 0. The molecule has 0 radical (unpaired) electrons. The van der Waals surface area contributed by atoms with Crippen LogP contribution in [-0.4, -0.2) is 19.8 Å². The Morgan fingerprint density at radius 1 is 1.27 bits per heavy atom. The molecule has 1 rings (SSSR count). The molecule has 1 N–H and O–H groups in total. The summed E-state index contributed by atoms with van der Waals surface area (Å²) in [6.45, 7) is 6.02. The van der Waals surface area contributed by atoms with Crippen molar-refractivity contribution in [1.29, 1.82) is 0 Å². The number of anilines is 1. The number of hydrogen-bond donors (Lipinski definition) is 1. The van der Waals surface area contributed by atoms with Crippen LogP contribution in [0.15, 0.2) is 12.1 Å². The highest BCUT2D eigenvalue weighted by Gasteiger charge is 2.03. The Bertz CT molecular complexity index is 329.